The molecule has 0 atom stereocenters. The number of piperidine rings is 1. The van der Waals surface area contributed by atoms with Gasteiger partial charge in [-0.05, 0) is 61.4 Å². The first kappa shape index (κ1) is 19.9. The van der Waals surface area contributed by atoms with Crippen molar-refractivity contribution in [3.05, 3.63) is 54.1 Å². The van der Waals surface area contributed by atoms with E-state index in [1.165, 1.54) is 28.6 Å². The number of carbonyl (C=O) groups excluding carboxylic acids is 1. The number of hydrogen-bond acceptors (Lipinski definition) is 6. The minimum absolute atomic E-state index is 0.144. The maximum atomic E-state index is 12.7. The molecule has 0 unspecified atom stereocenters. The third kappa shape index (κ3) is 4.32. The van der Waals surface area contributed by atoms with Crippen molar-refractivity contribution in [2.24, 2.45) is 5.92 Å². The van der Waals surface area contributed by atoms with Crippen LogP contribution in [0.5, 0.6) is 11.5 Å². The fourth-order valence-electron chi connectivity index (χ4n) is 3.03. The molecule has 0 radical (unpaired) electrons. The molecular weight excluding hydrogens is 380 g/mol. The number of esters is 1. The number of sulfonamides is 1. The molecule has 146 valence electrons. The normalized spacial score (nSPS) is 15.6. The fraction of sp³-hybridized carbons (Fsp3) is 0.300. The number of methoxy groups -OCH3 is 1. The second-order valence-corrected chi connectivity index (χ2v) is 8.35. The van der Waals surface area contributed by atoms with Gasteiger partial charge in [-0.25, -0.2) is 8.42 Å². The molecule has 1 aliphatic rings. The van der Waals surface area contributed by atoms with Gasteiger partial charge in [0, 0.05) is 13.1 Å². The summed E-state index contributed by atoms with van der Waals surface area (Å²) in [7, 11) is -2.09. The molecule has 0 aliphatic carbocycles. The predicted molar refractivity (Wildman–Crippen MR) is 101 cm³/mol. The SMILES string of the molecule is COc1ccc(OC(=O)C2CCN(S(=O)(=O)c3ccc(C#N)cc3)CC2)cc1. The topological polar surface area (TPSA) is 96.7 Å². The van der Waals surface area contributed by atoms with Crippen LogP contribution in [0.4, 0.5) is 0 Å². The van der Waals surface area contributed by atoms with Crippen LogP contribution in [0, 0.1) is 17.2 Å². The molecule has 0 bridgehead atoms. The first-order chi connectivity index (χ1) is 13.4. The van der Waals surface area contributed by atoms with Crippen LogP contribution < -0.4 is 9.47 Å². The highest BCUT2D eigenvalue weighted by Crippen LogP contribution is 2.26. The predicted octanol–water partition coefficient (Wildman–Crippen LogP) is 2.57. The minimum atomic E-state index is -3.64. The fourth-order valence-corrected chi connectivity index (χ4v) is 4.50. The smallest absolute Gasteiger partial charge is 0.314 e. The van der Waals surface area contributed by atoms with E-state index in [2.05, 4.69) is 0 Å². The van der Waals surface area contributed by atoms with E-state index in [1.54, 1.807) is 31.4 Å². The summed E-state index contributed by atoms with van der Waals surface area (Å²) in [6.07, 6.45) is 0.787. The zero-order valence-corrected chi connectivity index (χ0v) is 16.2. The second-order valence-electron chi connectivity index (χ2n) is 6.41. The molecule has 0 saturated carbocycles. The van der Waals surface area contributed by atoms with Gasteiger partial charge in [-0.1, -0.05) is 0 Å². The van der Waals surface area contributed by atoms with E-state index in [4.69, 9.17) is 14.7 Å². The average molecular weight is 400 g/mol. The maximum absolute atomic E-state index is 12.7. The zero-order valence-electron chi connectivity index (χ0n) is 15.4. The average Bonchev–Trinajstić information content (AvgIpc) is 2.74. The molecule has 0 aromatic heterocycles. The van der Waals surface area contributed by atoms with Gasteiger partial charge in [0.25, 0.3) is 0 Å². The Balaban J connectivity index is 1.59. The molecule has 7 nitrogen and oxygen atoms in total. The number of nitrogens with zero attached hydrogens (tertiary/aromatic N) is 2. The summed E-state index contributed by atoms with van der Waals surface area (Å²) in [5, 5.41) is 8.83. The summed E-state index contributed by atoms with van der Waals surface area (Å²) in [4.78, 5) is 12.5. The highest BCUT2D eigenvalue weighted by molar-refractivity contribution is 7.89. The largest absolute Gasteiger partial charge is 0.497 e. The Hall–Kier alpha value is -2.89. The third-order valence-corrected chi connectivity index (χ3v) is 6.60. The van der Waals surface area contributed by atoms with Crippen LogP contribution in [0.3, 0.4) is 0 Å². The Morgan fingerprint density at radius 3 is 2.14 bits per heavy atom. The Morgan fingerprint density at radius 2 is 1.61 bits per heavy atom. The van der Waals surface area contributed by atoms with Gasteiger partial charge in [0.1, 0.15) is 11.5 Å². The first-order valence-corrected chi connectivity index (χ1v) is 10.2. The standard InChI is InChI=1S/C20H20N2O5S/c1-26-17-4-6-18(7-5-17)27-20(23)16-10-12-22(13-11-16)28(24,25)19-8-2-15(14-21)3-9-19/h2-9,16H,10-13H2,1H3. The van der Waals surface area contributed by atoms with Crippen LogP contribution in [0.2, 0.25) is 0 Å². The van der Waals surface area contributed by atoms with E-state index >= 15 is 0 Å². The van der Waals surface area contributed by atoms with Crippen LogP contribution in [0.15, 0.2) is 53.4 Å². The lowest BCUT2D eigenvalue weighted by molar-refractivity contribution is -0.140. The van der Waals surface area contributed by atoms with Crippen molar-refractivity contribution in [1.82, 2.24) is 4.31 Å². The second kappa shape index (κ2) is 8.42. The number of carbonyl (C=O) groups is 1. The van der Waals surface area contributed by atoms with Gasteiger partial charge in [-0.2, -0.15) is 9.57 Å². The Morgan fingerprint density at radius 1 is 1.04 bits per heavy atom. The molecule has 1 saturated heterocycles. The molecule has 0 amide bonds. The molecule has 1 heterocycles. The van der Waals surface area contributed by atoms with Gasteiger partial charge in [0.2, 0.25) is 10.0 Å². The lowest BCUT2D eigenvalue weighted by atomic mass is 9.98. The molecular formula is C20H20N2O5S. The van der Waals surface area contributed by atoms with Crippen molar-refractivity contribution < 1.29 is 22.7 Å². The van der Waals surface area contributed by atoms with Crippen LogP contribution in [-0.2, 0) is 14.8 Å². The van der Waals surface area contributed by atoms with Crippen molar-refractivity contribution in [2.45, 2.75) is 17.7 Å². The first-order valence-electron chi connectivity index (χ1n) is 8.80. The van der Waals surface area contributed by atoms with E-state index in [0.29, 0.717) is 29.9 Å². The Labute approximate surface area is 164 Å². The minimum Gasteiger partial charge on any atom is -0.497 e. The summed E-state index contributed by atoms with van der Waals surface area (Å²) in [5.74, 6) is 0.384. The lowest BCUT2D eigenvalue weighted by Crippen LogP contribution is -2.41. The Bertz CT molecular complexity index is 971. The molecule has 2 aromatic rings. The van der Waals surface area contributed by atoms with Crippen molar-refractivity contribution in [2.75, 3.05) is 20.2 Å². The molecule has 1 fully saturated rings. The van der Waals surface area contributed by atoms with Crippen LogP contribution in [-0.4, -0.2) is 38.9 Å². The van der Waals surface area contributed by atoms with Crippen LogP contribution in [0.1, 0.15) is 18.4 Å². The van der Waals surface area contributed by atoms with Crippen LogP contribution >= 0.6 is 0 Å². The van der Waals surface area contributed by atoms with Gasteiger partial charge in [0.05, 0.1) is 29.6 Å². The van der Waals surface area contributed by atoms with Crippen molar-refractivity contribution >= 4 is 16.0 Å². The molecule has 2 aromatic carbocycles. The van der Waals surface area contributed by atoms with E-state index in [9.17, 15) is 13.2 Å². The van der Waals surface area contributed by atoms with Crippen molar-refractivity contribution in [3.8, 4) is 17.6 Å². The van der Waals surface area contributed by atoms with Gasteiger partial charge in [0.15, 0.2) is 0 Å². The molecule has 3 rings (SSSR count). The van der Waals surface area contributed by atoms with E-state index < -0.39 is 10.0 Å². The van der Waals surface area contributed by atoms with E-state index in [1.807, 2.05) is 6.07 Å². The highest BCUT2D eigenvalue weighted by Gasteiger charge is 2.33. The van der Waals surface area contributed by atoms with Gasteiger partial charge < -0.3 is 9.47 Å². The van der Waals surface area contributed by atoms with Gasteiger partial charge in [-0.15, -0.1) is 0 Å². The summed E-state index contributed by atoms with van der Waals surface area (Å²) in [6, 6.07) is 14.5. The van der Waals surface area contributed by atoms with E-state index in [-0.39, 0.29) is 29.9 Å². The molecule has 0 N–H and O–H groups in total. The zero-order chi connectivity index (χ0) is 20.1. The quantitative estimate of drug-likeness (QED) is 0.565. The summed E-state index contributed by atoms with van der Waals surface area (Å²) in [5.41, 5.74) is 0.402. The van der Waals surface area contributed by atoms with Crippen LogP contribution in [0.25, 0.3) is 0 Å². The Kier molecular flexibility index (Phi) is 5.97. The third-order valence-electron chi connectivity index (χ3n) is 4.69. The number of nitriles is 1. The highest BCUT2D eigenvalue weighted by atomic mass is 32.2. The number of benzene rings is 2. The van der Waals surface area contributed by atoms with Gasteiger partial charge >= 0.3 is 5.97 Å². The maximum Gasteiger partial charge on any atom is 0.314 e. The molecule has 8 heteroatoms. The summed E-state index contributed by atoms with van der Waals surface area (Å²) >= 11 is 0. The summed E-state index contributed by atoms with van der Waals surface area (Å²) < 4.78 is 37.3. The molecule has 28 heavy (non-hydrogen) atoms. The number of ether oxygens (including phenoxy) is 2. The summed E-state index contributed by atoms with van der Waals surface area (Å²) in [6.45, 7) is 0.482. The lowest BCUT2D eigenvalue weighted by Gasteiger charge is -2.30. The number of hydrogen-bond donors (Lipinski definition) is 0. The molecule has 1 aliphatic heterocycles. The molecule has 0 spiro atoms. The van der Waals surface area contributed by atoms with Gasteiger partial charge in [-0.3, -0.25) is 4.79 Å². The van der Waals surface area contributed by atoms with E-state index in [0.717, 1.165) is 0 Å². The monoisotopic (exact) mass is 400 g/mol. The van der Waals surface area contributed by atoms with Crippen molar-refractivity contribution in [1.29, 1.82) is 5.26 Å². The number of rotatable bonds is 5. The van der Waals surface area contributed by atoms with Crippen molar-refractivity contribution in [3.63, 3.8) is 0 Å².